The Morgan fingerprint density at radius 3 is 1.35 bits per heavy atom. The van der Waals surface area contributed by atoms with Gasteiger partial charge in [-0.3, -0.25) is 14.4 Å². The van der Waals surface area contributed by atoms with E-state index in [1.807, 2.05) is 0 Å². The van der Waals surface area contributed by atoms with Crippen molar-refractivity contribution < 1.29 is 58.2 Å². The number of ether oxygens (including phenoxy) is 5. The summed E-state index contributed by atoms with van der Waals surface area (Å²) in [4.78, 5) is 51.0. The third kappa shape index (κ3) is 38.2. The van der Waals surface area contributed by atoms with E-state index in [1.54, 1.807) is 0 Å². The third-order valence-corrected chi connectivity index (χ3v) is 13.2. The van der Waals surface area contributed by atoms with Crippen LogP contribution in [0.2, 0.25) is 0 Å². The molecule has 0 amide bonds. The summed E-state index contributed by atoms with van der Waals surface area (Å²) < 4.78 is 28.4. The van der Waals surface area contributed by atoms with E-state index in [0.717, 1.165) is 116 Å². The number of carboxylic acids is 1. The molecule has 0 saturated carbocycles. The lowest BCUT2D eigenvalue weighted by Crippen LogP contribution is -2.61. The molecule has 1 aliphatic rings. The van der Waals surface area contributed by atoms with Gasteiger partial charge < -0.3 is 39.0 Å². The van der Waals surface area contributed by atoms with E-state index in [2.05, 4.69) is 57.2 Å². The van der Waals surface area contributed by atoms with Gasteiger partial charge in [0.05, 0.1) is 6.61 Å². The molecule has 12 nitrogen and oxygen atoms in total. The SMILES string of the molecule is CCCC/C=C\CCCCCCCC(=O)OC(COC(=O)CCCCCCCCCCCCCCC)COC1OC(C(=O)O)C(O)C(O)C1OC(=O)CCCCCCCCC/C=C\C/C=C\CCCCC. The van der Waals surface area contributed by atoms with Gasteiger partial charge in [0.2, 0.25) is 0 Å². The van der Waals surface area contributed by atoms with E-state index in [-0.39, 0.29) is 25.9 Å². The first-order chi connectivity index (χ1) is 34.6. The van der Waals surface area contributed by atoms with Gasteiger partial charge in [0, 0.05) is 19.3 Å². The van der Waals surface area contributed by atoms with Crippen LogP contribution in [0, 0.1) is 0 Å². The molecule has 1 saturated heterocycles. The summed E-state index contributed by atoms with van der Waals surface area (Å²) in [5.41, 5.74) is 0. The molecule has 6 atom stereocenters. The number of unbranched alkanes of at least 4 members (excludes halogenated alkanes) is 29. The zero-order valence-corrected chi connectivity index (χ0v) is 45.2. The average molecular weight is 1010 g/mol. The Hall–Kier alpha value is -3.06. The second-order valence-electron chi connectivity index (χ2n) is 19.9. The predicted octanol–water partition coefficient (Wildman–Crippen LogP) is 14.5. The van der Waals surface area contributed by atoms with Crippen molar-refractivity contribution in [1.82, 2.24) is 0 Å². The third-order valence-electron chi connectivity index (χ3n) is 13.2. The molecule has 0 spiro atoms. The number of rotatable bonds is 49. The van der Waals surface area contributed by atoms with Crippen LogP contribution in [0.15, 0.2) is 36.5 Å². The highest BCUT2D eigenvalue weighted by Crippen LogP contribution is 2.26. The molecule has 12 heteroatoms. The number of carboxylic acid groups (broad SMARTS) is 1. The molecule has 0 radical (unpaired) electrons. The monoisotopic (exact) mass is 1000 g/mol. The van der Waals surface area contributed by atoms with Crippen LogP contribution in [0.25, 0.3) is 0 Å². The number of hydrogen-bond donors (Lipinski definition) is 3. The summed E-state index contributed by atoms with van der Waals surface area (Å²) in [6.07, 6.45) is 42.6. The van der Waals surface area contributed by atoms with Crippen molar-refractivity contribution in [2.75, 3.05) is 13.2 Å². The number of esters is 3. The van der Waals surface area contributed by atoms with E-state index in [9.17, 15) is 34.5 Å². The molecule has 0 aromatic heterocycles. The first-order valence-corrected chi connectivity index (χ1v) is 29.0. The average Bonchev–Trinajstić information content (AvgIpc) is 3.35. The maximum Gasteiger partial charge on any atom is 0.335 e. The highest BCUT2D eigenvalue weighted by Gasteiger charge is 2.50. The second-order valence-corrected chi connectivity index (χ2v) is 19.9. The second kappa shape index (κ2) is 47.9. The van der Waals surface area contributed by atoms with E-state index < -0.39 is 67.3 Å². The lowest BCUT2D eigenvalue weighted by atomic mass is 9.98. The number of allylic oxidation sites excluding steroid dienone is 6. The summed E-state index contributed by atoms with van der Waals surface area (Å²) >= 11 is 0. The van der Waals surface area contributed by atoms with Crippen LogP contribution in [0.4, 0.5) is 0 Å². The minimum atomic E-state index is -1.90. The Balaban J connectivity index is 2.68. The first-order valence-electron chi connectivity index (χ1n) is 29.0. The molecule has 3 N–H and O–H groups in total. The van der Waals surface area contributed by atoms with Gasteiger partial charge in [0.25, 0.3) is 0 Å². The summed E-state index contributed by atoms with van der Waals surface area (Å²) in [6, 6.07) is 0. The van der Waals surface area contributed by atoms with Crippen molar-refractivity contribution in [3.8, 4) is 0 Å². The maximum atomic E-state index is 13.1. The number of aliphatic hydroxyl groups is 2. The number of aliphatic hydroxyl groups excluding tert-OH is 2. The Morgan fingerprint density at radius 1 is 0.465 bits per heavy atom. The molecule has 1 rings (SSSR count). The molecule has 412 valence electrons. The van der Waals surface area contributed by atoms with Crippen LogP contribution in [0.1, 0.15) is 265 Å². The molecule has 1 aliphatic heterocycles. The number of hydrogen-bond acceptors (Lipinski definition) is 11. The predicted molar refractivity (Wildman–Crippen MR) is 285 cm³/mol. The van der Waals surface area contributed by atoms with Gasteiger partial charge in [-0.25, -0.2) is 4.79 Å². The van der Waals surface area contributed by atoms with Gasteiger partial charge in [-0.2, -0.15) is 0 Å². The van der Waals surface area contributed by atoms with Crippen molar-refractivity contribution in [3.63, 3.8) is 0 Å². The fourth-order valence-electron chi connectivity index (χ4n) is 8.67. The topological polar surface area (TPSA) is 175 Å². The largest absolute Gasteiger partial charge is 0.479 e. The minimum Gasteiger partial charge on any atom is -0.479 e. The molecule has 0 aromatic rings. The van der Waals surface area contributed by atoms with Crippen molar-refractivity contribution >= 4 is 23.9 Å². The normalized spacial score (nSPS) is 18.7. The Kier molecular flexibility index (Phi) is 44.5. The van der Waals surface area contributed by atoms with Gasteiger partial charge in [0.1, 0.15) is 18.8 Å². The van der Waals surface area contributed by atoms with Crippen LogP contribution in [-0.4, -0.2) is 89.2 Å². The lowest BCUT2D eigenvalue weighted by molar-refractivity contribution is -0.301. The summed E-state index contributed by atoms with van der Waals surface area (Å²) in [7, 11) is 0. The van der Waals surface area contributed by atoms with E-state index in [4.69, 9.17) is 23.7 Å². The lowest BCUT2D eigenvalue weighted by Gasteiger charge is -2.40. The number of aliphatic carboxylic acids is 1. The van der Waals surface area contributed by atoms with E-state index in [0.29, 0.717) is 19.3 Å². The highest BCUT2D eigenvalue weighted by atomic mass is 16.7. The summed E-state index contributed by atoms with van der Waals surface area (Å²) in [5, 5.41) is 31.4. The van der Waals surface area contributed by atoms with Gasteiger partial charge in [-0.15, -0.1) is 0 Å². The van der Waals surface area contributed by atoms with Gasteiger partial charge in [-0.1, -0.05) is 211 Å². The Bertz CT molecular complexity index is 1380. The Labute approximate surface area is 431 Å². The van der Waals surface area contributed by atoms with Crippen LogP contribution < -0.4 is 0 Å². The molecular weight excluding hydrogens is 901 g/mol. The molecule has 6 unspecified atom stereocenters. The van der Waals surface area contributed by atoms with Crippen LogP contribution in [0.5, 0.6) is 0 Å². The van der Waals surface area contributed by atoms with Crippen molar-refractivity contribution in [2.24, 2.45) is 0 Å². The molecule has 0 aliphatic carbocycles. The smallest absolute Gasteiger partial charge is 0.335 e. The van der Waals surface area contributed by atoms with E-state index in [1.165, 1.54) is 89.9 Å². The van der Waals surface area contributed by atoms with Crippen molar-refractivity contribution in [1.29, 1.82) is 0 Å². The Morgan fingerprint density at radius 2 is 0.859 bits per heavy atom. The quantitative estimate of drug-likeness (QED) is 0.0228. The number of carbonyl (C=O) groups excluding carboxylic acids is 3. The van der Waals surface area contributed by atoms with Gasteiger partial charge >= 0.3 is 23.9 Å². The van der Waals surface area contributed by atoms with Crippen LogP contribution in [0.3, 0.4) is 0 Å². The van der Waals surface area contributed by atoms with Gasteiger partial charge in [0.15, 0.2) is 24.6 Å². The first kappa shape index (κ1) is 66.0. The maximum absolute atomic E-state index is 13.1. The van der Waals surface area contributed by atoms with Gasteiger partial charge in [-0.05, 0) is 70.6 Å². The molecule has 1 heterocycles. The molecule has 0 aromatic carbocycles. The molecule has 1 fully saturated rings. The standard InChI is InChI=1S/C59H104O12/c1-4-7-10-13-16-19-22-24-25-26-27-29-32-35-38-41-44-47-53(62)70-57-55(64)54(63)56(58(65)66)71-59(57)68-49-50(69-52(61)46-43-40-37-34-30-21-18-15-12-9-6-3)48-67-51(60)45-42-39-36-33-31-28-23-20-17-14-11-8-5-2/h15-16,18-19,24-25,50,54-57,59,63-64H,4-14,17,20-23,26-49H2,1-3H3,(H,65,66)/b18-15-,19-16-,25-24-. The fraction of sp³-hybridized carbons (Fsp3) is 0.831. The highest BCUT2D eigenvalue weighted by molar-refractivity contribution is 5.74. The minimum absolute atomic E-state index is 0.0534. The van der Waals surface area contributed by atoms with Crippen LogP contribution >= 0.6 is 0 Å². The molecular formula is C59H104O12. The molecule has 71 heavy (non-hydrogen) atoms. The summed E-state index contributed by atoms with van der Waals surface area (Å²) in [5.74, 6) is -3.12. The van der Waals surface area contributed by atoms with Crippen molar-refractivity contribution in [2.45, 2.75) is 302 Å². The fourth-order valence-corrected chi connectivity index (χ4v) is 8.67. The number of carbonyl (C=O) groups is 4. The zero-order chi connectivity index (χ0) is 51.8. The van der Waals surface area contributed by atoms with E-state index >= 15 is 0 Å². The molecule has 0 bridgehead atoms. The zero-order valence-electron chi connectivity index (χ0n) is 45.2. The van der Waals surface area contributed by atoms with Crippen LogP contribution in [-0.2, 0) is 42.9 Å². The summed E-state index contributed by atoms with van der Waals surface area (Å²) in [6.45, 7) is 5.92. The van der Waals surface area contributed by atoms with Crippen molar-refractivity contribution in [3.05, 3.63) is 36.5 Å².